The van der Waals surface area contributed by atoms with Crippen LogP contribution in [0.1, 0.15) is 0 Å². The number of rotatable bonds is 5. The molecule has 0 bridgehead atoms. The topological polar surface area (TPSA) is 110 Å². The summed E-state index contributed by atoms with van der Waals surface area (Å²) in [5.41, 5.74) is 3.51. The highest BCUT2D eigenvalue weighted by atomic mass is 16.7. The third kappa shape index (κ3) is 6.40. The van der Waals surface area contributed by atoms with Gasteiger partial charge < -0.3 is 0 Å². The average Bonchev–Trinajstić information content (AvgIpc) is 1.79. The third-order valence-corrected chi connectivity index (χ3v) is 0.607. The van der Waals surface area contributed by atoms with Crippen LogP contribution in [0.25, 0.3) is 0 Å². The molecule has 0 amide bonds. The fourth-order valence-corrected chi connectivity index (χ4v) is 0.294. The molecule has 58 valence electrons. The second kappa shape index (κ2) is 4.30. The summed E-state index contributed by atoms with van der Waals surface area (Å²) >= 11 is 0. The number of nitrogens with one attached hydrogen (secondary N) is 2. The van der Waals surface area contributed by atoms with Crippen molar-refractivity contribution in [2.45, 2.75) is 0 Å². The van der Waals surface area contributed by atoms with Gasteiger partial charge in [0.15, 0.2) is 10.1 Å². The summed E-state index contributed by atoms with van der Waals surface area (Å²) in [7, 11) is 0. The highest BCUT2D eigenvalue weighted by molar-refractivity contribution is 4.33. The van der Waals surface area contributed by atoms with Crippen LogP contribution in [0.15, 0.2) is 0 Å². The summed E-state index contributed by atoms with van der Waals surface area (Å²) in [6, 6.07) is 0. The van der Waals surface area contributed by atoms with Gasteiger partial charge in [-0.05, 0) is 0 Å². The molecule has 10 heavy (non-hydrogen) atoms. The first kappa shape index (κ1) is 8.40. The van der Waals surface area contributed by atoms with Gasteiger partial charge in [0.25, 0.3) is 0 Å². The minimum atomic E-state index is -0.762. The van der Waals surface area contributed by atoms with Crippen LogP contribution < -0.4 is 10.9 Å². The lowest BCUT2D eigenvalue weighted by molar-refractivity contribution is -0.557. The van der Waals surface area contributed by atoms with E-state index in [0.717, 1.165) is 0 Å². The molecule has 0 aromatic carbocycles. The maximum absolute atomic E-state index is 9.54. The lowest BCUT2D eigenvalue weighted by atomic mass is 10.7. The van der Waals surface area contributed by atoms with Crippen molar-refractivity contribution in [2.24, 2.45) is 0 Å². The van der Waals surface area contributed by atoms with Crippen molar-refractivity contribution in [1.29, 1.82) is 0 Å². The second-order valence-electron chi connectivity index (χ2n) is 1.33. The molecule has 0 spiro atoms. The van der Waals surface area contributed by atoms with Gasteiger partial charge in [-0.15, -0.1) is 10.9 Å². The number of nitro groups is 2. The molecule has 8 nitrogen and oxygen atoms in total. The normalized spacial score (nSPS) is 8.40. The molecule has 0 aliphatic rings. The lowest BCUT2D eigenvalue weighted by Crippen LogP contribution is -2.33. The van der Waals surface area contributed by atoms with Gasteiger partial charge in [-0.1, -0.05) is 0 Å². The van der Waals surface area contributed by atoms with E-state index in [0.29, 0.717) is 0 Å². The molecule has 0 aliphatic carbocycles. The van der Waals surface area contributed by atoms with E-state index in [1.54, 1.807) is 10.9 Å². The molecule has 0 unspecified atom stereocenters. The lowest BCUT2D eigenvalue weighted by Gasteiger charge is -1.93. The first-order chi connectivity index (χ1) is 4.63. The van der Waals surface area contributed by atoms with E-state index >= 15 is 0 Å². The predicted octanol–water partition coefficient (Wildman–Crippen LogP) is -1.45. The summed E-state index contributed by atoms with van der Waals surface area (Å²) in [4.78, 5) is 19.1. The third-order valence-electron chi connectivity index (χ3n) is 0.607. The zero-order valence-electron chi connectivity index (χ0n) is 4.94. The van der Waals surface area contributed by atoms with E-state index in [9.17, 15) is 20.2 Å². The minimum absolute atomic E-state index is 0.0754. The smallest absolute Gasteiger partial charge is 0.157 e. The van der Waals surface area contributed by atoms with Gasteiger partial charge in [0.2, 0.25) is 0 Å². The maximum atomic E-state index is 9.54. The fraction of sp³-hybridized carbons (Fsp3) is 1.00. The first-order valence-corrected chi connectivity index (χ1v) is 2.38. The standard InChI is InChI=1S/C2H6N4O4/c7-5(8)3-1-2-4-6(9)10/h3-4H,1-2H2. The van der Waals surface area contributed by atoms with Crippen LogP contribution in [0.2, 0.25) is 0 Å². The van der Waals surface area contributed by atoms with Crippen LogP contribution in [0.3, 0.4) is 0 Å². The van der Waals surface area contributed by atoms with Crippen LogP contribution >= 0.6 is 0 Å². The molecule has 0 heterocycles. The molecule has 0 rings (SSSR count). The summed E-state index contributed by atoms with van der Waals surface area (Å²) < 4.78 is 0. The van der Waals surface area contributed by atoms with Crippen molar-refractivity contribution in [3.05, 3.63) is 20.2 Å². The second-order valence-corrected chi connectivity index (χ2v) is 1.33. The van der Waals surface area contributed by atoms with Crippen LogP contribution in [-0.2, 0) is 0 Å². The van der Waals surface area contributed by atoms with Gasteiger partial charge in [-0.3, -0.25) is 0 Å². The number of hydrogen-bond donors (Lipinski definition) is 2. The molecule has 0 aliphatic heterocycles. The van der Waals surface area contributed by atoms with Crippen molar-refractivity contribution < 1.29 is 10.1 Å². The molecule has 2 N–H and O–H groups in total. The molecule has 0 saturated carbocycles. The van der Waals surface area contributed by atoms with E-state index in [4.69, 9.17) is 0 Å². The Labute approximate surface area is 55.5 Å². The number of nitrogens with zero attached hydrogens (tertiary/aromatic N) is 2. The Morgan fingerprint density at radius 2 is 1.30 bits per heavy atom. The van der Waals surface area contributed by atoms with Crippen LogP contribution in [0.5, 0.6) is 0 Å². The highest BCUT2D eigenvalue weighted by Crippen LogP contribution is 1.60. The van der Waals surface area contributed by atoms with Crippen molar-refractivity contribution in [1.82, 2.24) is 10.9 Å². The minimum Gasteiger partial charge on any atom is -0.235 e. The summed E-state index contributed by atoms with van der Waals surface area (Å²) in [5, 5.41) is 17.6. The molecule has 8 heteroatoms. The van der Waals surface area contributed by atoms with Gasteiger partial charge in [0.05, 0.1) is 13.1 Å². The van der Waals surface area contributed by atoms with E-state index < -0.39 is 10.1 Å². The Morgan fingerprint density at radius 1 is 1.00 bits per heavy atom. The zero-order valence-corrected chi connectivity index (χ0v) is 4.94. The van der Waals surface area contributed by atoms with Crippen molar-refractivity contribution >= 4 is 0 Å². The summed E-state index contributed by atoms with van der Waals surface area (Å²) in [5.74, 6) is 0. The molecular formula is C2H6N4O4. The van der Waals surface area contributed by atoms with E-state index in [1.165, 1.54) is 0 Å². The van der Waals surface area contributed by atoms with E-state index in [-0.39, 0.29) is 13.1 Å². The Hall–Kier alpha value is -1.60. The Balaban J connectivity index is 3.06. The summed E-state index contributed by atoms with van der Waals surface area (Å²) in [6.07, 6.45) is 0. The van der Waals surface area contributed by atoms with Gasteiger partial charge in [0.1, 0.15) is 0 Å². The molecule has 0 aromatic heterocycles. The molecule has 0 atom stereocenters. The Bertz CT molecular complexity index is 119. The van der Waals surface area contributed by atoms with Crippen LogP contribution in [-0.4, -0.2) is 23.2 Å². The molecule has 0 saturated heterocycles. The highest BCUT2D eigenvalue weighted by Gasteiger charge is 1.95. The monoisotopic (exact) mass is 150 g/mol. The Kier molecular flexibility index (Phi) is 3.61. The fourth-order valence-electron chi connectivity index (χ4n) is 0.294. The van der Waals surface area contributed by atoms with Crippen molar-refractivity contribution in [3.63, 3.8) is 0 Å². The van der Waals surface area contributed by atoms with E-state index in [2.05, 4.69) is 0 Å². The first-order valence-electron chi connectivity index (χ1n) is 2.38. The molecule has 0 radical (unpaired) electrons. The summed E-state index contributed by atoms with van der Waals surface area (Å²) in [6.45, 7) is -0.151. The SMILES string of the molecule is O=[N+]([O-])NCCN[N+](=O)[O-]. The van der Waals surface area contributed by atoms with Gasteiger partial charge in [-0.2, -0.15) is 0 Å². The van der Waals surface area contributed by atoms with Crippen LogP contribution in [0.4, 0.5) is 0 Å². The van der Waals surface area contributed by atoms with E-state index in [1.807, 2.05) is 0 Å². The maximum Gasteiger partial charge on any atom is 0.157 e. The van der Waals surface area contributed by atoms with Gasteiger partial charge in [0, 0.05) is 0 Å². The van der Waals surface area contributed by atoms with Crippen LogP contribution in [0, 0.1) is 20.2 Å². The Morgan fingerprint density at radius 3 is 1.50 bits per heavy atom. The zero-order chi connectivity index (χ0) is 7.98. The molecule has 0 fully saturated rings. The molecule has 0 aromatic rings. The molecular weight excluding hydrogens is 144 g/mol. The largest absolute Gasteiger partial charge is 0.235 e. The van der Waals surface area contributed by atoms with Crippen molar-refractivity contribution in [2.75, 3.05) is 13.1 Å². The van der Waals surface area contributed by atoms with Gasteiger partial charge in [-0.25, -0.2) is 20.2 Å². The van der Waals surface area contributed by atoms with Crippen molar-refractivity contribution in [3.8, 4) is 0 Å². The quantitative estimate of drug-likeness (QED) is 0.282. The average molecular weight is 150 g/mol. The number of hydrazine groups is 2. The van der Waals surface area contributed by atoms with Gasteiger partial charge >= 0.3 is 0 Å². The number of hydrogen-bond acceptors (Lipinski definition) is 4. The predicted molar refractivity (Wildman–Crippen MR) is 30.0 cm³/mol.